The van der Waals surface area contributed by atoms with Gasteiger partial charge in [0.2, 0.25) is 11.8 Å². The molecule has 0 bridgehead atoms. The number of nitrogens with two attached hydrogens (primary N) is 1. The first-order chi connectivity index (χ1) is 18.0. The molecule has 0 aromatic heterocycles. The topological polar surface area (TPSA) is 117 Å². The van der Waals surface area contributed by atoms with E-state index in [1.165, 1.54) is 19.1 Å². The number of aliphatic hydroxyl groups excluding tert-OH is 1. The van der Waals surface area contributed by atoms with Crippen LogP contribution in [0.3, 0.4) is 0 Å². The van der Waals surface area contributed by atoms with Crippen molar-refractivity contribution in [1.29, 1.82) is 0 Å². The number of benzene rings is 2. The van der Waals surface area contributed by atoms with Crippen molar-refractivity contribution in [2.24, 2.45) is 5.73 Å². The number of amides is 2. The number of primary amides is 1. The minimum atomic E-state index is -4.75. The first-order valence-corrected chi connectivity index (χ1v) is 12.3. The standard InChI is InChI=1S/C26H31F3N4O5/c1-17(35)31-19-4-2-18(3-5-19)23(24(30)36)22(14-34)33-12-13-37-25(16-33)10-11-32(15-25)20-6-8-21(9-7-20)38-26(27,28)29/h2-9,22-23,34H,10-16H2,1H3,(H2,30,36)(H,31,35). The van der Waals surface area contributed by atoms with Crippen LogP contribution in [0.15, 0.2) is 48.5 Å². The van der Waals surface area contributed by atoms with E-state index in [1.54, 1.807) is 36.4 Å². The van der Waals surface area contributed by atoms with Crippen LogP contribution in [0, 0.1) is 0 Å². The molecule has 9 nitrogen and oxygen atoms in total. The van der Waals surface area contributed by atoms with Crippen molar-refractivity contribution in [2.75, 3.05) is 49.6 Å². The Bertz CT molecular complexity index is 1130. The molecule has 206 valence electrons. The lowest BCUT2D eigenvalue weighted by Crippen LogP contribution is -2.59. The zero-order valence-corrected chi connectivity index (χ0v) is 20.9. The maximum Gasteiger partial charge on any atom is 0.573 e. The van der Waals surface area contributed by atoms with Crippen molar-refractivity contribution < 1.29 is 37.3 Å². The molecule has 2 aliphatic rings. The average molecular weight is 537 g/mol. The zero-order valence-electron chi connectivity index (χ0n) is 20.9. The Balaban J connectivity index is 1.47. The van der Waals surface area contributed by atoms with E-state index in [9.17, 15) is 27.9 Å². The second-order valence-corrected chi connectivity index (χ2v) is 9.65. The predicted molar refractivity (Wildman–Crippen MR) is 134 cm³/mol. The summed E-state index contributed by atoms with van der Waals surface area (Å²) in [5.74, 6) is -1.87. The molecule has 2 fully saturated rings. The number of nitrogens with zero attached hydrogens (tertiary/aromatic N) is 2. The van der Waals surface area contributed by atoms with E-state index >= 15 is 0 Å². The van der Waals surface area contributed by atoms with Crippen LogP contribution in [0.1, 0.15) is 24.8 Å². The van der Waals surface area contributed by atoms with Gasteiger partial charge in [-0.3, -0.25) is 14.5 Å². The lowest BCUT2D eigenvalue weighted by Gasteiger charge is -2.45. The van der Waals surface area contributed by atoms with Crippen LogP contribution >= 0.6 is 0 Å². The summed E-state index contributed by atoms with van der Waals surface area (Å²) in [5.41, 5.74) is 7.17. The number of rotatable bonds is 8. The summed E-state index contributed by atoms with van der Waals surface area (Å²) < 4.78 is 47.6. The molecule has 4 rings (SSSR count). The van der Waals surface area contributed by atoms with Gasteiger partial charge < -0.3 is 30.5 Å². The second kappa shape index (κ2) is 11.2. The number of hydrogen-bond donors (Lipinski definition) is 3. The average Bonchev–Trinajstić information content (AvgIpc) is 3.25. The fourth-order valence-electron chi connectivity index (χ4n) is 5.31. The number of carbonyl (C=O) groups excluding carboxylic acids is 2. The summed E-state index contributed by atoms with van der Waals surface area (Å²) >= 11 is 0. The quantitative estimate of drug-likeness (QED) is 0.475. The van der Waals surface area contributed by atoms with Crippen molar-refractivity contribution >= 4 is 23.2 Å². The van der Waals surface area contributed by atoms with Gasteiger partial charge in [0.15, 0.2) is 0 Å². The van der Waals surface area contributed by atoms with E-state index in [0.29, 0.717) is 50.5 Å². The monoisotopic (exact) mass is 536 g/mol. The molecule has 2 amide bonds. The molecule has 2 saturated heterocycles. The molecule has 0 radical (unpaired) electrons. The Labute approximate surface area is 218 Å². The maximum absolute atomic E-state index is 12.6. The van der Waals surface area contributed by atoms with E-state index < -0.39 is 29.8 Å². The molecule has 12 heteroatoms. The van der Waals surface area contributed by atoms with Crippen LogP contribution in [0.5, 0.6) is 5.75 Å². The minimum absolute atomic E-state index is 0.216. The second-order valence-electron chi connectivity index (χ2n) is 9.65. The Morgan fingerprint density at radius 1 is 1.13 bits per heavy atom. The SMILES string of the molecule is CC(=O)Nc1ccc(C(C(N)=O)C(CO)N2CCOC3(CCN(c4ccc(OC(F)(F)F)cc4)C3)C2)cc1. The molecule has 3 unspecified atom stereocenters. The summed E-state index contributed by atoms with van der Waals surface area (Å²) in [4.78, 5) is 27.9. The van der Waals surface area contributed by atoms with E-state index in [1.807, 2.05) is 9.80 Å². The third-order valence-electron chi connectivity index (χ3n) is 6.97. The highest BCUT2D eigenvalue weighted by atomic mass is 19.4. The Morgan fingerprint density at radius 2 is 1.82 bits per heavy atom. The molecule has 2 aliphatic heterocycles. The predicted octanol–water partition coefficient (Wildman–Crippen LogP) is 2.45. The number of morpholine rings is 1. The third-order valence-corrected chi connectivity index (χ3v) is 6.97. The highest BCUT2D eigenvalue weighted by molar-refractivity contribution is 5.89. The number of nitrogens with one attached hydrogen (secondary N) is 1. The van der Waals surface area contributed by atoms with Crippen LogP contribution in [-0.2, 0) is 14.3 Å². The van der Waals surface area contributed by atoms with Crippen LogP contribution in [0.25, 0.3) is 0 Å². The Hall–Kier alpha value is -3.35. The van der Waals surface area contributed by atoms with Crippen molar-refractivity contribution in [1.82, 2.24) is 4.90 Å². The summed E-state index contributed by atoms with van der Waals surface area (Å²) in [6, 6.07) is 11.9. The molecular weight excluding hydrogens is 505 g/mol. The number of hydrogen-bond acceptors (Lipinski definition) is 7. The normalized spacial score (nSPS) is 21.8. The van der Waals surface area contributed by atoms with Crippen LogP contribution < -0.4 is 20.7 Å². The summed E-state index contributed by atoms with van der Waals surface area (Å²) in [5, 5.41) is 13.0. The Morgan fingerprint density at radius 3 is 2.39 bits per heavy atom. The minimum Gasteiger partial charge on any atom is -0.406 e. The number of aliphatic hydroxyl groups is 1. The van der Waals surface area contributed by atoms with Gasteiger partial charge in [0.1, 0.15) is 5.75 Å². The van der Waals surface area contributed by atoms with Crippen LogP contribution in [-0.4, -0.2) is 79.2 Å². The van der Waals surface area contributed by atoms with Gasteiger partial charge in [-0.1, -0.05) is 12.1 Å². The van der Waals surface area contributed by atoms with Crippen molar-refractivity contribution in [3.8, 4) is 5.75 Å². The van der Waals surface area contributed by atoms with Gasteiger partial charge >= 0.3 is 6.36 Å². The Kier molecular flexibility index (Phi) is 8.14. The molecule has 1 spiro atoms. The molecule has 3 atom stereocenters. The lowest BCUT2D eigenvalue weighted by atomic mass is 9.88. The fraction of sp³-hybridized carbons (Fsp3) is 0.462. The maximum atomic E-state index is 12.6. The van der Waals surface area contributed by atoms with E-state index in [0.717, 1.165) is 5.69 Å². The largest absolute Gasteiger partial charge is 0.573 e. The van der Waals surface area contributed by atoms with Gasteiger partial charge in [-0.2, -0.15) is 0 Å². The fourth-order valence-corrected chi connectivity index (χ4v) is 5.31. The smallest absolute Gasteiger partial charge is 0.406 e. The van der Waals surface area contributed by atoms with Gasteiger partial charge in [0.25, 0.3) is 0 Å². The van der Waals surface area contributed by atoms with Crippen LogP contribution in [0.4, 0.5) is 24.5 Å². The molecule has 0 saturated carbocycles. The summed E-state index contributed by atoms with van der Waals surface area (Å²) in [6.45, 7) is 3.53. The third kappa shape index (κ3) is 6.55. The number of halogens is 3. The summed E-state index contributed by atoms with van der Waals surface area (Å²) in [7, 11) is 0. The highest BCUT2D eigenvalue weighted by Gasteiger charge is 2.46. The van der Waals surface area contributed by atoms with Gasteiger partial charge in [-0.05, 0) is 48.4 Å². The van der Waals surface area contributed by atoms with E-state index in [4.69, 9.17) is 10.5 Å². The molecule has 2 aromatic carbocycles. The van der Waals surface area contributed by atoms with Gasteiger partial charge in [0.05, 0.1) is 24.7 Å². The van der Waals surface area contributed by atoms with Crippen molar-refractivity contribution in [3.63, 3.8) is 0 Å². The molecule has 2 aromatic rings. The number of ether oxygens (including phenoxy) is 2. The zero-order chi connectivity index (χ0) is 27.5. The van der Waals surface area contributed by atoms with Crippen molar-refractivity contribution in [2.45, 2.75) is 37.3 Å². The molecule has 4 N–H and O–H groups in total. The number of anilines is 2. The van der Waals surface area contributed by atoms with Gasteiger partial charge in [0, 0.05) is 50.5 Å². The summed E-state index contributed by atoms with van der Waals surface area (Å²) in [6.07, 6.45) is -4.09. The first kappa shape index (κ1) is 27.7. The first-order valence-electron chi connectivity index (χ1n) is 12.3. The molecule has 38 heavy (non-hydrogen) atoms. The van der Waals surface area contributed by atoms with E-state index in [2.05, 4.69) is 10.1 Å². The van der Waals surface area contributed by atoms with Crippen molar-refractivity contribution in [3.05, 3.63) is 54.1 Å². The number of carbonyl (C=O) groups is 2. The molecular formula is C26H31F3N4O5. The van der Waals surface area contributed by atoms with Gasteiger partial charge in [-0.25, -0.2) is 0 Å². The molecule has 2 heterocycles. The van der Waals surface area contributed by atoms with Crippen LogP contribution in [0.2, 0.25) is 0 Å². The number of alkyl halides is 3. The highest BCUT2D eigenvalue weighted by Crippen LogP contribution is 2.36. The van der Waals surface area contributed by atoms with E-state index in [-0.39, 0.29) is 18.3 Å². The molecule has 0 aliphatic carbocycles. The van der Waals surface area contributed by atoms with Gasteiger partial charge in [-0.15, -0.1) is 13.2 Å². The lowest BCUT2D eigenvalue weighted by molar-refractivity contribution is -0.274.